The van der Waals surface area contributed by atoms with Crippen LogP contribution in [0.1, 0.15) is 11.3 Å². The van der Waals surface area contributed by atoms with Crippen LogP contribution in [-0.4, -0.2) is 24.8 Å². The molecule has 0 amide bonds. The van der Waals surface area contributed by atoms with Crippen LogP contribution in [0.25, 0.3) is 10.1 Å². The molecule has 0 radical (unpaired) electrons. The predicted octanol–water partition coefficient (Wildman–Crippen LogP) is 3.49. The van der Waals surface area contributed by atoms with Crippen LogP contribution in [0, 0.1) is 0 Å². The number of hydrogen-bond acceptors (Lipinski definition) is 3. The Bertz CT molecular complexity index is 701. The summed E-state index contributed by atoms with van der Waals surface area (Å²) in [5.74, 6) is 0. The Balaban J connectivity index is 1.72. The molecule has 0 aliphatic rings. The standard InChI is InChI=1S/C17H20N2OS/c1-20-10-8-18-11-15-5-4-9-19(15)12-14-13-21-17-7-3-2-6-16(14)17/h2-7,9,13,18H,8,10-12H2,1H3. The fourth-order valence-electron chi connectivity index (χ4n) is 2.49. The van der Waals surface area contributed by atoms with Crippen LogP contribution in [0.4, 0.5) is 0 Å². The van der Waals surface area contributed by atoms with Crippen molar-refractivity contribution in [2.45, 2.75) is 13.1 Å². The van der Waals surface area contributed by atoms with Crippen LogP contribution < -0.4 is 5.32 Å². The lowest BCUT2D eigenvalue weighted by Crippen LogP contribution is -2.20. The molecule has 0 aliphatic carbocycles. The van der Waals surface area contributed by atoms with Crippen LogP contribution >= 0.6 is 11.3 Å². The molecule has 0 bridgehead atoms. The zero-order chi connectivity index (χ0) is 14.5. The number of fused-ring (bicyclic) bond motifs is 1. The van der Waals surface area contributed by atoms with Gasteiger partial charge in [0.2, 0.25) is 0 Å². The lowest BCUT2D eigenvalue weighted by Gasteiger charge is -2.10. The highest BCUT2D eigenvalue weighted by Crippen LogP contribution is 2.26. The van der Waals surface area contributed by atoms with Crippen molar-refractivity contribution in [1.29, 1.82) is 0 Å². The van der Waals surface area contributed by atoms with E-state index >= 15 is 0 Å². The van der Waals surface area contributed by atoms with Gasteiger partial charge in [-0.05, 0) is 34.5 Å². The van der Waals surface area contributed by atoms with Gasteiger partial charge in [-0.2, -0.15) is 0 Å². The second-order valence-corrected chi connectivity index (χ2v) is 5.97. The molecule has 21 heavy (non-hydrogen) atoms. The minimum absolute atomic E-state index is 0.746. The van der Waals surface area contributed by atoms with Crippen molar-refractivity contribution in [2.75, 3.05) is 20.3 Å². The van der Waals surface area contributed by atoms with Gasteiger partial charge in [-0.1, -0.05) is 18.2 Å². The monoisotopic (exact) mass is 300 g/mol. The molecule has 0 spiro atoms. The van der Waals surface area contributed by atoms with Crippen molar-refractivity contribution < 1.29 is 4.74 Å². The van der Waals surface area contributed by atoms with Gasteiger partial charge in [0, 0.05) is 43.3 Å². The third-order valence-corrected chi connectivity index (χ3v) is 4.63. The first-order valence-electron chi connectivity index (χ1n) is 7.17. The van der Waals surface area contributed by atoms with Crippen molar-refractivity contribution in [3.05, 3.63) is 59.2 Å². The Kier molecular flexibility index (Phi) is 4.70. The number of rotatable bonds is 7. The molecular formula is C17H20N2OS. The van der Waals surface area contributed by atoms with Crippen LogP contribution in [0.5, 0.6) is 0 Å². The van der Waals surface area contributed by atoms with Gasteiger partial charge in [-0.3, -0.25) is 0 Å². The van der Waals surface area contributed by atoms with Crippen LogP contribution in [0.15, 0.2) is 48.0 Å². The van der Waals surface area contributed by atoms with Crippen LogP contribution in [0.3, 0.4) is 0 Å². The normalized spacial score (nSPS) is 11.3. The number of thiophene rings is 1. The van der Waals surface area contributed by atoms with E-state index in [2.05, 4.69) is 57.9 Å². The molecule has 0 saturated heterocycles. The van der Waals surface area contributed by atoms with Gasteiger partial charge in [0.05, 0.1) is 6.61 Å². The van der Waals surface area contributed by atoms with Gasteiger partial charge in [0.1, 0.15) is 0 Å². The fourth-order valence-corrected chi connectivity index (χ4v) is 3.45. The van der Waals surface area contributed by atoms with E-state index in [1.807, 2.05) is 11.3 Å². The Morgan fingerprint density at radius 1 is 1.19 bits per heavy atom. The van der Waals surface area contributed by atoms with E-state index in [-0.39, 0.29) is 0 Å². The highest BCUT2D eigenvalue weighted by atomic mass is 32.1. The molecule has 0 unspecified atom stereocenters. The van der Waals surface area contributed by atoms with E-state index in [9.17, 15) is 0 Å². The average Bonchev–Trinajstić information content (AvgIpc) is 3.12. The molecule has 3 nitrogen and oxygen atoms in total. The zero-order valence-electron chi connectivity index (χ0n) is 12.2. The highest BCUT2D eigenvalue weighted by Gasteiger charge is 2.06. The number of methoxy groups -OCH3 is 1. The van der Waals surface area contributed by atoms with Gasteiger partial charge in [0.25, 0.3) is 0 Å². The summed E-state index contributed by atoms with van der Waals surface area (Å²) >= 11 is 1.82. The molecule has 4 heteroatoms. The molecule has 0 aliphatic heterocycles. The third-order valence-electron chi connectivity index (χ3n) is 3.61. The molecule has 3 aromatic rings. The Labute approximate surface area is 129 Å². The van der Waals surface area contributed by atoms with E-state index in [0.717, 1.165) is 26.2 Å². The first-order chi connectivity index (χ1) is 10.4. The summed E-state index contributed by atoms with van der Waals surface area (Å²) in [6.45, 7) is 3.43. The summed E-state index contributed by atoms with van der Waals surface area (Å²) in [6, 6.07) is 12.9. The largest absolute Gasteiger partial charge is 0.383 e. The lowest BCUT2D eigenvalue weighted by molar-refractivity contribution is 0.199. The molecule has 1 aromatic carbocycles. The van der Waals surface area contributed by atoms with Crippen molar-refractivity contribution >= 4 is 21.4 Å². The van der Waals surface area contributed by atoms with Crippen molar-refractivity contribution in [3.8, 4) is 0 Å². The van der Waals surface area contributed by atoms with Gasteiger partial charge < -0.3 is 14.6 Å². The van der Waals surface area contributed by atoms with E-state index in [4.69, 9.17) is 4.74 Å². The molecule has 0 saturated carbocycles. The minimum atomic E-state index is 0.746. The lowest BCUT2D eigenvalue weighted by atomic mass is 10.2. The van der Waals surface area contributed by atoms with Gasteiger partial charge in [-0.15, -0.1) is 11.3 Å². The highest BCUT2D eigenvalue weighted by molar-refractivity contribution is 7.17. The number of hydrogen-bond donors (Lipinski definition) is 1. The summed E-state index contributed by atoms with van der Waals surface area (Å²) in [5.41, 5.74) is 2.70. The number of nitrogens with one attached hydrogen (secondary N) is 1. The van der Waals surface area contributed by atoms with Crippen molar-refractivity contribution in [1.82, 2.24) is 9.88 Å². The second kappa shape index (κ2) is 6.89. The number of ether oxygens (including phenoxy) is 1. The summed E-state index contributed by atoms with van der Waals surface area (Å²) in [5, 5.41) is 7.04. The predicted molar refractivity (Wildman–Crippen MR) is 88.9 cm³/mol. The van der Waals surface area contributed by atoms with E-state index in [1.165, 1.54) is 21.3 Å². The second-order valence-electron chi connectivity index (χ2n) is 5.05. The number of aromatic nitrogens is 1. The molecule has 1 N–H and O–H groups in total. The number of nitrogens with zero attached hydrogens (tertiary/aromatic N) is 1. The van der Waals surface area contributed by atoms with E-state index < -0.39 is 0 Å². The molecule has 0 fully saturated rings. The van der Waals surface area contributed by atoms with Gasteiger partial charge in [-0.25, -0.2) is 0 Å². The third kappa shape index (κ3) is 3.35. The van der Waals surface area contributed by atoms with Gasteiger partial charge >= 0.3 is 0 Å². The summed E-state index contributed by atoms with van der Waals surface area (Å²) < 4.78 is 8.73. The Hall–Kier alpha value is -1.62. The first-order valence-corrected chi connectivity index (χ1v) is 8.05. The van der Waals surface area contributed by atoms with Gasteiger partial charge in [0.15, 0.2) is 0 Å². The van der Waals surface area contributed by atoms with E-state index in [0.29, 0.717) is 0 Å². The maximum absolute atomic E-state index is 5.06. The summed E-state index contributed by atoms with van der Waals surface area (Å²) in [7, 11) is 1.73. The minimum Gasteiger partial charge on any atom is -0.383 e. The van der Waals surface area contributed by atoms with Crippen molar-refractivity contribution in [3.63, 3.8) is 0 Å². The smallest absolute Gasteiger partial charge is 0.0587 e. The average molecular weight is 300 g/mol. The van der Waals surface area contributed by atoms with Crippen LogP contribution in [0.2, 0.25) is 0 Å². The molecule has 2 heterocycles. The molecule has 0 atom stereocenters. The Morgan fingerprint density at radius 3 is 3.00 bits per heavy atom. The summed E-state index contributed by atoms with van der Waals surface area (Å²) in [4.78, 5) is 0. The molecule has 3 rings (SSSR count). The summed E-state index contributed by atoms with van der Waals surface area (Å²) in [6.07, 6.45) is 2.15. The quantitative estimate of drug-likeness (QED) is 0.676. The van der Waals surface area contributed by atoms with E-state index in [1.54, 1.807) is 7.11 Å². The first kappa shape index (κ1) is 14.3. The fraction of sp³-hybridized carbons (Fsp3) is 0.294. The maximum atomic E-state index is 5.06. The SMILES string of the molecule is COCCNCc1cccn1Cc1csc2ccccc12. The van der Waals surface area contributed by atoms with Crippen LogP contribution in [-0.2, 0) is 17.8 Å². The molecular weight excluding hydrogens is 280 g/mol. The maximum Gasteiger partial charge on any atom is 0.0587 e. The molecule has 2 aromatic heterocycles. The van der Waals surface area contributed by atoms with Crippen molar-refractivity contribution in [2.24, 2.45) is 0 Å². The zero-order valence-corrected chi connectivity index (χ0v) is 13.0. The topological polar surface area (TPSA) is 26.2 Å². The number of benzene rings is 1. The Morgan fingerprint density at radius 2 is 2.10 bits per heavy atom. The molecule has 110 valence electrons.